The number of anilines is 1. The number of hydrogen-bond donors (Lipinski definition) is 2. The highest BCUT2D eigenvalue weighted by molar-refractivity contribution is 7.98. The Morgan fingerprint density at radius 3 is 2.56 bits per heavy atom. The van der Waals surface area contributed by atoms with Gasteiger partial charge in [0.05, 0.1) is 22.5 Å². The average Bonchev–Trinajstić information content (AvgIpc) is 3.16. The summed E-state index contributed by atoms with van der Waals surface area (Å²) in [6, 6.07) is 13.4. The molecule has 0 bridgehead atoms. The lowest BCUT2D eigenvalue weighted by Crippen LogP contribution is -2.10. The van der Waals surface area contributed by atoms with Crippen molar-refractivity contribution in [2.24, 2.45) is 0 Å². The Labute approximate surface area is 148 Å². The average molecular weight is 349 g/mol. The second-order valence-corrected chi connectivity index (χ2v) is 6.67. The van der Waals surface area contributed by atoms with Crippen LogP contribution in [-0.4, -0.2) is 28.1 Å². The normalized spacial score (nSPS) is 12.0. The minimum absolute atomic E-state index is 0.118. The highest BCUT2D eigenvalue weighted by Gasteiger charge is 2.34. The third-order valence-electron chi connectivity index (χ3n) is 4.23. The van der Waals surface area contributed by atoms with Crippen LogP contribution in [0.25, 0.3) is 22.5 Å². The zero-order valence-electron chi connectivity index (χ0n) is 13.7. The van der Waals surface area contributed by atoms with Gasteiger partial charge in [-0.25, -0.2) is 0 Å². The lowest BCUT2D eigenvalue weighted by atomic mass is 10.0. The maximum absolute atomic E-state index is 13.1. The van der Waals surface area contributed by atoms with Crippen molar-refractivity contribution in [3.05, 3.63) is 53.6 Å². The van der Waals surface area contributed by atoms with Crippen molar-refractivity contribution in [3.63, 3.8) is 0 Å². The zero-order chi connectivity index (χ0) is 17.6. The van der Waals surface area contributed by atoms with Gasteiger partial charge < -0.3 is 5.32 Å². The topological polar surface area (TPSA) is 74.8 Å². The van der Waals surface area contributed by atoms with Crippen LogP contribution in [0.2, 0.25) is 0 Å². The molecule has 4 rings (SSSR count). The molecule has 3 aromatic rings. The molecule has 0 fully saturated rings. The quantitative estimate of drug-likeness (QED) is 0.549. The van der Waals surface area contributed by atoms with E-state index < -0.39 is 0 Å². The standard InChI is InChI=1S/C19H15N3O2S/c1-10(23)20-14-5-3-4-13-15(14)19(24)16-17(21-22-18(13)16)11-6-8-12(25-2)9-7-11/h3-9H,1-2H3,(H,20,23)(H,21,22). The molecule has 0 saturated carbocycles. The molecule has 124 valence electrons. The molecular formula is C19H15N3O2S. The van der Waals surface area contributed by atoms with Crippen molar-refractivity contribution in [3.8, 4) is 22.5 Å². The Hall–Kier alpha value is -2.86. The van der Waals surface area contributed by atoms with Crippen LogP contribution < -0.4 is 5.32 Å². The van der Waals surface area contributed by atoms with Gasteiger partial charge in [0.25, 0.3) is 0 Å². The molecule has 0 unspecified atom stereocenters. The molecule has 1 heterocycles. The molecule has 0 atom stereocenters. The second kappa shape index (κ2) is 5.89. The molecule has 6 heteroatoms. The number of nitrogens with one attached hydrogen (secondary N) is 2. The lowest BCUT2D eigenvalue weighted by Gasteiger charge is -2.08. The first-order chi connectivity index (χ1) is 12.1. The summed E-state index contributed by atoms with van der Waals surface area (Å²) >= 11 is 1.67. The summed E-state index contributed by atoms with van der Waals surface area (Å²) in [7, 11) is 0. The number of hydrogen-bond acceptors (Lipinski definition) is 4. The van der Waals surface area contributed by atoms with E-state index in [4.69, 9.17) is 0 Å². The number of amides is 1. The fraction of sp³-hybridized carbons (Fsp3) is 0.105. The van der Waals surface area contributed by atoms with Crippen molar-refractivity contribution in [1.29, 1.82) is 0 Å². The largest absolute Gasteiger partial charge is 0.326 e. The van der Waals surface area contributed by atoms with Gasteiger partial charge in [0, 0.05) is 22.9 Å². The molecule has 0 spiro atoms. The first kappa shape index (κ1) is 15.7. The van der Waals surface area contributed by atoms with E-state index >= 15 is 0 Å². The lowest BCUT2D eigenvalue weighted by molar-refractivity contribution is -0.114. The third-order valence-corrected chi connectivity index (χ3v) is 4.97. The van der Waals surface area contributed by atoms with Gasteiger partial charge >= 0.3 is 0 Å². The highest BCUT2D eigenvalue weighted by atomic mass is 32.2. The maximum Gasteiger partial charge on any atom is 0.221 e. The molecule has 2 N–H and O–H groups in total. The number of ketones is 1. The van der Waals surface area contributed by atoms with Crippen LogP contribution in [0.5, 0.6) is 0 Å². The summed E-state index contributed by atoms with van der Waals surface area (Å²) in [6.07, 6.45) is 2.02. The van der Waals surface area contributed by atoms with Crippen LogP contribution in [0.1, 0.15) is 22.8 Å². The summed E-state index contributed by atoms with van der Waals surface area (Å²) < 4.78 is 0. The van der Waals surface area contributed by atoms with E-state index in [2.05, 4.69) is 15.5 Å². The van der Waals surface area contributed by atoms with E-state index in [1.54, 1.807) is 17.8 Å². The number of carbonyl (C=O) groups excluding carboxylic acids is 2. The summed E-state index contributed by atoms with van der Waals surface area (Å²) in [6.45, 7) is 1.43. The van der Waals surface area contributed by atoms with Crippen molar-refractivity contribution in [2.75, 3.05) is 11.6 Å². The Morgan fingerprint density at radius 1 is 1.12 bits per heavy atom. The molecule has 1 aliphatic rings. The first-order valence-electron chi connectivity index (χ1n) is 7.78. The van der Waals surface area contributed by atoms with Gasteiger partial charge in [-0.1, -0.05) is 24.3 Å². The van der Waals surface area contributed by atoms with Crippen LogP contribution in [0.3, 0.4) is 0 Å². The van der Waals surface area contributed by atoms with Gasteiger partial charge in [-0.2, -0.15) is 5.10 Å². The third kappa shape index (κ3) is 2.46. The van der Waals surface area contributed by atoms with E-state index in [-0.39, 0.29) is 11.7 Å². The summed E-state index contributed by atoms with van der Waals surface area (Å²) in [5, 5.41) is 10.1. The maximum atomic E-state index is 13.1. The number of nitrogens with zero attached hydrogens (tertiary/aromatic N) is 1. The molecule has 1 aromatic heterocycles. The van der Waals surface area contributed by atoms with E-state index in [1.165, 1.54) is 6.92 Å². The zero-order valence-corrected chi connectivity index (χ0v) is 14.5. The molecule has 0 radical (unpaired) electrons. The van der Waals surface area contributed by atoms with Gasteiger partial charge in [0.1, 0.15) is 5.69 Å². The van der Waals surface area contributed by atoms with E-state index in [0.29, 0.717) is 28.2 Å². The molecule has 25 heavy (non-hydrogen) atoms. The van der Waals surface area contributed by atoms with Gasteiger partial charge in [-0.15, -0.1) is 11.8 Å². The van der Waals surface area contributed by atoms with Crippen molar-refractivity contribution < 1.29 is 9.59 Å². The predicted molar refractivity (Wildman–Crippen MR) is 99.0 cm³/mol. The Kier molecular flexibility index (Phi) is 3.69. The SMILES string of the molecule is CSc1ccc(-c2[nH]nc3c2C(=O)c2c(NC(C)=O)cccc2-3)cc1. The number of fused-ring (bicyclic) bond motifs is 3. The monoisotopic (exact) mass is 349 g/mol. The summed E-state index contributed by atoms with van der Waals surface area (Å²) in [5.74, 6) is -0.327. The number of aromatic amines is 1. The van der Waals surface area contributed by atoms with Gasteiger partial charge in [0.15, 0.2) is 5.78 Å². The van der Waals surface area contributed by atoms with Crippen molar-refractivity contribution in [1.82, 2.24) is 10.2 Å². The Morgan fingerprint density at radius 2 is 1.88 bits per heavy atom. The fourth-order valence-electron chi connectivity index (χ4n) is 3.14. The fourth-order valence-corrected chi connectivity index (χ4v) is 3.55. The van der Waals surface area contributed by atoms with E-state index in [9.17, 15) is 9.59 Å². The van der Waals surface area contributed by atoms with Crippen LogP contribution >= 0.6 is 11.8 Å². The summed E-state index contributed by atoms with van der Waals surface area (Å²) in [5.41, 5.74) is 4.59. The Bertz CT molecular complexity index is 1010. The Balaban J connectivity index is 1.84. The smallest absolute Gasteiger partial charge is 0.221 e. The van der Waals surface area contributed by atoms with E-state index in [1.807, 2.05) is 42.7 Å². The molecule has 1 aliphatic carbocycles. The van der Waals surface area contributed by atoms with Crippen LogP contribution in [0.4, 0.5) is 5.69 Å². The van der Waals surface area contributed by atoms with Crippen molar-refractivity contribution >= 4 is 29.1 Å². The number of H-pyrrole nitrogens is 1. The molecule has 5 nitrogen and oxygen atoms in total. The van der Waals surface area contributed by atoms with E-state index in [0.717, 1.165) is 16.0 Å². The molecule has 0 aliphatic heterocycles. The number of thioether (sulfide) groups is 1. The van der Waals surface area contributed by atoms with Crippen LogP contribution in [0, 0.1) is 0 Å². The predicted octanol–water partition coefficient (Wildman–Crippen LogP) is 3.97. The molecule has 2 aromatic carbocycles. The number of rotatable bonds is 3. The highest BCUT2D eigenvalue weighted by Crippen LogP contribution is 2.42. The molecule has 1 amide bonds. The number of benzene rings is 2. The van der Waals surface area contributed by atoms with Crippen molar-refractivity contribution in [2.45, 2.75) is 11.8 Å². The van der Waals surface area contributed by atoms with Gasteiger partial charge in [-0.05, 0) is 24.5 Å². The summed E-state index contributed by atoms with van der Waals surface area (Å²) in [4.78, 5) is 25.6. The minimum Gasteiger partial charge on any atom is -0.326 e. The molecular weight excluding hydrogens is 334 g/mol. The first-order valence-corrected chi connectivity index (χ1v) is 9.01. The second-order valence-electron chi connectivity index (χ2n) is 5.79. The van der Waals surface area contributed by atoms with Crippen LogP contribution in [-0.2, 0) is 4.79 Å². The minimum atomic E-state index is -0.208. The van der Waals surface area contributed by atoms with Crippen LogP contribution in [0.15, 0.2) is 47.4 Å². The number of aromatic nitrogens is 2. The van der Waals surface area contributed by atoms with Gasteiger partial charge in [-0.3, -0.25) is 14.7 Å². The number of carbonyl (C=O) groups is 2. The van der Waals surface area contributed by atoms with Gasteiger partial charge in [0.2, 0.25) is 5.91 Å². The molecule has 0 saturated heterocycles.